The van der Waals surface area contributed by atoms with Gasteiger partial charge in [0.15, 0.2) is 5.13 Å². The lowest BCUT2D eigenvalue weighted by molar-refractivity contribution is 0.102. The van der Waals surface area contributed by atoms with Crippen LogP contribution < -0.4 is 10.1 Å². The van der Waals surface area contributed by atoms with Crippen LogP contribution >= 0.6 is 22.7 Å². The Morgan fingerprint density at radius 3 is 2.68 bits per heavy atom. The topological polar surface area (TPSA) is 64.1 Å². The molecule has 0 aliphatic carbocycles. The molecule has 25 heavy (non-hydrogen) atoms. The number of ether oxygens (including phenoxy) is 1. The van der Waals surface area contributed by atoms with Gasteiger partial charge in [-0.2, -0.15) is 0 Å². The minimum Gasteiger partial charge on any atom is -0.494 e. The lowest BCUT2D eigenvalue weighted by atomic mass is 10.2. The van der Waals surface area contributed by atoms with Crippen LogP contribution in [0.1, 0.15) is 22.3 Å². The van der Waals surface area contributed by atoms with Crippen LogP contribution in [0.4, 0.5) is 5.13 Å². The normalized spacial score (nSPS) is 11.1. The molecule has 0 fully saturated rings. The Labute approximate surface area is 152 Å². The van der Waals surface area contributed by atoms with E-state index in [1.54, 1.807) is 17.4 Å². The molecule has 0 aliphatic heterocycles. The first-order valence-electron chi connectivity index (χ1n) is 7.84. The van der Waals surface area contributed by atoms with Crippen LogP contribution in [0.5, 0.6) is 5.75 Å². The summed E-state index contributed by atoms with van der Waals surface area (Å²) in [6.45, 7) is 4.53. The van der Waals surface area contributed by atoms with Crippen LogP contribution in [0.3, 0.4) is 0 Å². The predicted molar refractivity (Wildman–Crippen MR) is 103 cm³/mol. The summed E-state index contributed by atoms with van der Waals surface area (Å²) in [6, 6.07) is 11.3. The molecular formula is C18H15N3O2S2. The number of fused-ring (bicyclic) bond motifs is 2. The number of aromatic nitrogens is 2. The highest BCUT2D eigenvalue weighted by molar-refractivity contribution is 7.22. The highest BCUT2D eigenvalue weighted by Gasteiger charge is 2.12. The first-order chi connectivity index (χ1) is 12.1. The Bertz CT molecular complexity index is 1080. The number of benzene rings is 2. The molecule has 1 N–H and O–H groups in total. The van der Waals surface area contributed by atoms with Crippen molar-refractivity contribution < 1.29 is 9.53 Å². The summed E-state index contributed by atoms with van der Waals surface area (Å²) in [6.07, 6.45) is 0. The molecule has 0 saturated heterocycles. The van der Waals surface area contributed by atoms with Gasteiger partial charge in [0.25, 0.3) is 5.91 Å². The van der Waals surface area contributed by atoms with Gasteiger partial charge in [-0.3, -0.25) is 10.1 Å². The molecule has 0 aliphatic rings. The Balaban J connectivity index is 1.59. The number of amides is 1. The number of nitrogens with zero attached hydrogens (tertiary/aromatic N) is 2. The van der Waals surface area contributed by atoms with E-state index >= 15 is 0 Å². The van der Waals surface area contributed by atoms with Crippen molar-refractivity contribution in [2.45, 2.75) is 13.8 Å². The molecule has 2 aromatic heterocycles. The average molecular weight is 369 g/mol. The molecule has 2 aromatic carbocycles. The molecule has 0 unspecified atom stereocenters. The summed E-state index contributed by atoms with van der Waals surface area (Å²) >= 11 is 3.02. The Hall–Kier alpha value is -2.51. The second kappa shape index (κ2) is 6.42. The van der Waals surface area contributed by atoms with Gasteiger partial charge in [-0.25, -0.2) is 9.97 Å². The molecule has 0 saturated carbocycles. The summed E-state index contributed by atoms with van der Waals surface area (Å²) in [4.78, 5) is 21.4. The Kier molecular flexibility index (Phi) is 4.10. The predicted octanol–water partition coefficient (Wildman–Crippen LogP) is 4.87. The molecule has 5 nitrogen and oxygen atoms in total. The maximum Gasteiger partial charge on any atom is 0.257 e. The SMILES string of the molecule is CCOc1ccc2nc(NC(=O)c3ccc4nc(C)sc4c3)sc2c1. The van der Waals surface area contributed by atoms with Gasteiger partial charge in [0.05, 0.1) is 32.0 Å². The fourth-order valence-corrected chi connectivity index (χ4v) is 4.32. The molecule has 0 atom stereocenters. The van der Waals surface area contributed by atoms with Crippen molar-refractivity contribution in [2.75, 3.05) is 11.9 Å². The van der Waals surface area contributed by atoms with Gasteiger partial charge < -0.3 is 4.74 Å². The largest absolute Gasteiger partial charge is 0.494 e. The number of carbonyl (C=O) groups is 1. The summed E-state index contributed by atoms with van der Waals surface area (Å²) < 4.78 is 7.49. The van der Waals surface area contributed by atoms with E-state index in [0.29, 0.717) is 17.3 Å². The molecule has 0 spiro atoms. The van der Waals surface area contributed by atoms with Crippen molar-refractivity contribution in [2.24, 2.45) is 0 Å². The van der Waals surface area contributed by atoms with Crippen molar-refractivity contribution in [3.05, 3.63) is 47.0 Å². The average Bonchev–Trinajstić information content (AvgIpc) is 3.15. The number of hydrogen-bond acceptors (Lipinski definition) is 6. The number of aryl methyl sites for hydroxylation is 1. The minimum atomic E-state index is -0.169. The number of carbonyl (C=O) groups excluding carboxylic acids is 1. The smallest absolute Gasteiger partial charge is 0.257 e. The van der Waals surface area contributed by atoms with Gasteiger partial charge in [-0.05, 0) is 50.2 Å². The molecule has 2 heterocycles. The van der Waals surface area contributed by atoms with E-state index in [2.05, 4.69) is 15.3 Å². The van der Waals surface area contributed by atoms with Gasteiger partial charge in [0.2, 0.25) is 0 Å². The van der Waals surface area contributed by atoms with Crippen LogP contribution in [0.15, 0.2) is 36.4 Å². The lowest BCUT2D eigenvalue weighted by Crippen LogP contribution is -2.11. The van der Waals surface area contributed by atoms with Crippen LogP contribution in [0, 0.1) is 6.92 Å². The Morgan fingerprint density at radius 2 is 1.84 bits per heavy atom. The van der Waals surface area contributed by atoms with Gasteiger partial charge in [-0.15, -0.1) is 11.3 Å². The second-order valence-corrected chi connectivity index (χ2v) is 7.72. The maximum absolute atomic E-state index is 12.5. The third kappa shape index (κ3) is 3.20. The van der Waals surface area contributed by atoms with Gasteiger partial charge >= 0.3 is 0 Å². The third-order valence-corrected chi connectivity index (χ3v) is 5.52. The molecule has 0 radical (unpaired) electrons. The third-order valence-electron chi connectivity index (χ3n) is 3.65. The van der Waals surface area contributed by atoms with Crippen molar-refractivity contribution in [1.82, 2.24) is 9.97 Å². The van der Waals surface area contributed by atoms with E-state index in [1.807, 2.05) is 44.2 Å². The van der Waals surface area contributed by atoms with Crippen molar-refractivity contribution in [3.63, 3.8) is 0 Å². The molecule has 0 bridgehead atoms. The monoisotopic (exact) mass is 369 g/mol. The van der Waals surface area contributed by atoms with E-state index in [0.717, 1.165) is 31.2 Å². The van der Waals surface area contributed by atoms with Gasteiger partial charge in [0.1, 0.15) is 5.75 Å². The first kappa shape index (κ1) is 16.0. The molecule has 126 valence electrons. The lowest BCUT2D eigenvalue weighted by Gasteiger charge is -2.01. The first-order valence-corrected chi connectivity index (χ1v) is 9.47. The van der Waals surface area contributed by atoms with Gasteiger partial charge in [0, 0.05) is 5.56 Å². The van der Waals surface area contributed by atoms with E-state index in [1.165, 1.54) is 11.3 Å². The van der Waals surface area contributed by atoms with Crippen molar-refractivity contribution in [3.8, 4) is 5.75 Å². The molecular weight excluding hydrogens is 354 g/mol. The zero-order valence-electron chi connectivity index (χ0n) is 13.7. The molecule has 4 aromatic rings. The zero-order chi connectivity index (χ0) is 17.4. The maximum atomic E-state index is 12.5. The van der Waals surface area contributed by atoms with Crippen LogP contribution in [-0.2, 0) is 0 Å². The molecule has 1 amide bonds. The van der Waals surface area contributed by atoms with Crippen molar-refractivity contribution in [1.29, 1.82) is 0 Å². The number of anilines is 1. The van der Waals surface area contributed by atoms with Crippen molar-refractivity contribution >= 4 is 54.1 Å². The number of rotatable bonds is 4. The summed E-state index contributed by atoms with van der Waals surface area (Å²) in [5.41, 5.74) is 2.37. The van der Waals surface area contributed by atoms with E-state index in [-0.39, 0.29) is 5.91 Å². The number of nitrogens with one attached hydrogen (secondary N) is 1. The number of hydrogen-bond donors (Lipinski definition) is 1. The van der Waals surface area contributed by atoms with Crippen LogP contribution in [0.25, 0.3) is 20.4 Å². The highest BCUT2D eigenvalue weighted by atomic mass is 32.1. The highest BCUT2D eigenvalue weighted by Crippen LogP contribution is 2.30. The zero-order valence-corrected chi connectivity index (χ0v) is 15.3. The summed E-state index contributed by atoms with van der Waals surface area (Å²) in [5, 5.41) is 4.45. The molecule has 4 rings (SSSR count). The van der Waals surface area contributed by atoms with Crippen LogP contribution in [0.2, 0.25) is 0 Å². The quantitative estimate of drug-likeness (QED) is 0.558. The Morgan fingerprint density at radius 1 is 1.08 bits per heavy atom. The van der Waals surface area contributed by atoms with E-state index in [9.17, 15) is 4.79 Å². The van der Waals surface area contributed by atoms with E-state index in [4.69, 9.17) is 4.74 Å². The molecule has 7 heteroatoms. The standard InChI is InChI=1S/C18H15N3O2S2/c1-3-23-12-5-7-14-16(9-12)25-18(20-14)21-17(22)11-4-6-13-15(8-11)24-10(2)19-13/h4-9H,3H2,1-2H3,(H,20,21,22). The number of thiazole rings is 2. The van der Waals surface area contributed by atoms with Crippen LogP contribution in [-0.4, -0.2) is 22.5 Å². The second-order valence-electron chi connectivity index (χ2n) is 5.45. The fraction of sp³-hybridized carbons (Fsp3) is 0.167. The summed E-state index contributed by atoms with van der Waals surface area (Å²) in [7, 11) is 0. The van der Waals surface area contributed by atoms with E-state index < -0.39 is 0 Å². The minimum absolute atomic E-state index is 0.169. The van der Waals surface area contributed by atoms with Gasteiger partial charge in [-0.1, -0.05) is 11.3 Å². The fourth-order valence-electron chi connectivity index (χ4n) is 2.57. The summed E-state index contributed by atoms with van der Waals surface area (Å²) in [5.74, 6) is 0.639.